The number of rotatable bonds is 8. The molecule has 1 heterocycles. The van der Waals surface area contributed by atoms with E-state index in [1.807, 2.05) is 11.0 Å². The molecule has 4 nitrogen and oxygen atoms in total. The Labute approximate surface area is 158 Å². The molecule has 1 amide bonds. The van der Waals surface area contributed by atoms with Gasteiger partial charge in [-0.3, -0.25) is 4.79 Å². The van der Waals surface area contributed by atoms with Crippen molar-refractivity contribution in [2.24, 2.45) is 11.7 Å². The van der Waals surface area contributed by atoms with E-state index in [9.17, 15) is 4.79 Å². The van der Waals surface area contributed by atoms with Gasteiger partial charge in [-0.2, -0.15) is 0 Å². The van der Waals surface area contributed by atoms with Gasteiger partial charge < -0.3 is 15.4 Å². The summed E-state index contributed by atoms with van der Waals surface area (Å²) in [5.74, 6) is 1.02. The van der Waals surface area contributed by atoms with Crippen LogP contribution in [0.4, 0.5) is 0 Å². The Bertz CT molecular complexity index is 488. The monoisotopic (exact) mass is 368 g/mol. The molecule has 2 N–H and O–H groups in total. The highest BCUT2D eigenvalue weighted by Gasteiger charge is 2.26. The molecule has 1 unspecified atom stereocenters. The fourth-order valence-corrected chi connectivity index (χ4v) is 3.36. The molecule has 2 rings (SSSR count). The number of halogens is 1. The minimum absolute atomic E-state index is 0. The number of ether oxygens (including phenoxy) is 1. The lowest BCUT2D eigenvalue weighted by molar-refractivity contribution is -0.134. The molecule has 0 radical (unpaired) electrons. The minimum Gasteiger partial charge on any atom is -0.378 e. The Morgan fingerprint density at radius 3 is 2.44 bits per heavy atom. The van der Waals surface area contributed by atoms with Gasteiger partial charge >= 0.3 is 0 Å². The summed E-state index contributed by atoms with van der Waals surface area (Å²) < 4.78 is 5.82. The van der Waals surface area contributed by atoms with Crippen molar-refractivity contribution in [1.29, 1.82) is 0 Å². The van der Waals surface area contributed by atoms with Crippen LogP contribution >= 0.6 is 12.4 Å². The van der Waals surface area contributed by atoms with Crippen molar-refractivity contribution in [2.45, 2.75) is 51.6 Å². The number of hydrogen-bond donors (Lipinski definition) is 1. The normalized spacial score (nSPS) is 16.6. The Balaban J connectivity index is 0.00000312. The molecule has 1 aromatic rings. The van der Waals surface area contributed by atoms with Gasteiger partial charge in [0.05, 0.1) is 6.10 Å². The summed E-state index contributed by atoms with van der Waals surface area (Å²) in [6.45, 7) is 7.42. The molecule has 25 heavy (non-hydrogen) atoms. The fraction of sp³-hybridized carbons (Fsp3) is 0.650. The molecule has 1 atom stereocenters. The molecule has 0 bridgehead atoms. The Morgan fingerprint density at radius 1 is 1.24 bits per heavy atom. The molecule has 1 aliphatic rings. The van der Waals surface area contributed by atoms with E-state index in [-0.39, 0.29) is 30.3 Å². The first-order chi connectivity index (χ1) is 11.6. The predicted octanol–water partition coefficient (Wildman–Crippen LogP) is 3.59. The van der Waals surface area contributed by atoms with Crippen LogP contribution in [0.1, 0.15) is 51.0 Å². The van der Waals surface area contributed by atoms with Gasteiger partial charge in [0, 0.05) is 26.1 Å². The maximum Gasteiger partial charge on any atom is 0.223 e. The summed E-state index contributed by atoms with van der Waals surface area (Å²) in [7, 11) is 0. The zero-order chi connectivity index (χ0) is 17.4. The predicted molar refractivity (Wildman–Crippen MR) is 105 cm³/mol. The Hall–Kier alpha value is -1.10. The van der Waals surface area contributed by atoms with Gasteiger partial charge in [0.15, 0.2) is 0 Å². The van der Waals surface area contributed by atoms with Gasteiger partial charge in [0.2, 0.25) is 5.91 Å². The van der Waals surface area contributed by atoms with Gasteiger partial charge in [-0.15, -0.1) is 12.4 Å². The molecule has 1 fully saturated rings. The number of benzene rings is 1. The fourth-order valence-electron chi connectivity index (χ4n) is 3.36. The molecule has 5 heteroatoms. The molecule has 1 aromatic carbocycles. The van der Waals surface area contributed by atoms with Crippen molar-refractivity contribution in [3.05, 3.63) is 35.9 Å². The number of hydrogen-bond acceptors (Lipinski definition) is 3. The standard InChI is InChI=1S/C20H32N2O2.ClH/c1-16(2)19(17-7-4-3-5-8-17)15-20(23)22-12-9-18(10-13-22)24-14-6-11-21;/h3-5,7-8,16,18-19H,6,9-15,21H2,1-2H3;1H. The summed E-state index contributed by atoms with van der Waals surface area (Å²) in [6, 6.07) is 10.4. The number of likely N-dealkylation sites (tertiary alicyclic amines) is 1. The smallest absolute Gasteiger partial charge is 0.223 e. The number of nitrogens with zero attached hydrogens (tertiary/aromatic N) is 1. The average Bonchev–Trinajstić information content (AvgIpc) is 2.61. The van der Waals surface area contributed by atoms with Crippen molar-refractivity contribution in [2.75, 3.05) is 26.2 Å². The van der Waals surface area contributed by atoms with Crippen LogP contribution in [0.5, 0.6) is 0 Å². The second kappa shape index (κ2) is 11.5. The molecule has 0 spiro atoms. The Kier molecular flexibility index (Phi) is 10.1. The highest BCUT2D eigenvalue weighted by atomic mass is 35.5. The largest absolute Gasteiger partial charge is 0.378 e. The molecule has 1 aliphatic heterocycles. The summed E-state index contributed by atoms with van der Waals surface area (Å²) in [6.07, 6.45) is 3.67. The number of carbonyl (C=O) groups is 1. The van der Waals surface area contributed by atoms with Gasteiger partial charge in [-0.25, -0.2) is 0 Å². The lowest BCUT2D eigenvalue weighted by Gasteiger charge is -2.33. The maximum absolute atomic E-state index is 12.7. The number of piperidine rings is 1. The van der Waals surface area contributed by atoms with Crippen LogP contribution in [-0.2, 0) is 9.53 Å². The number of carbonyl (C=O) groups excluding carboxylic acids is 1. The Morgan fingerprint density at radius 2 is 1.88 bits per heavy atom. The van der Waals surface area contributed by atoms with Crippen molar-refractivity contribution in [3.63, 3.8) is 0 Å². The third-order valence-corrected chi connectivity index (χ3v) is 4.92. The van der Waals surface area contributed by atoms with Gasteiger partial charge in [-0.05, 0) is 43.2 Å². The molecule has 0 aliphatic carbocycles. The lowest BCUT2D eigenvalue weighted by Crippen LogP contribution is -2.41. The third-order valence-electron chi connectivity index (χ3n) is 4.92. The lowest BCUT2D eigenvalue weighted by atomic mass is 9.85. The zero-order valence-corrected chi connectivity index (χ0v) is 16.3. The second-order valence-electron chi connectivity index (χ2n) is 7.06. The molecule has 0 aromatic heterocycles. The minimum atomic E-state index is 0. The van der Waals surface area contributed by atoms with Crippen LogP contribution in [0.2, 0.25) is 0 Å². The van der Waals surface area contributed by atoms with Crippen molar-refractivity contribution < 1.29 is 9.53 Å². The molecule has 1 saturated heterocycles. The first kappa shape index (κ1) is 21.9. The van der Waals surface area contributed by atoms with E-state index in [1.54, 1.807) is 0 Å². The van der Waals surface area contributed by atoms with Gasteiger partial charge in [-0.1, -0.05) is 44.2 Å². The first-order valence-electron chi connectivity index (χ1n) is 9.26. The number of amides is 1. The molecular formula is C20H33ClN2O2. The molecule has 0 saturated carbocycles. The highest BCUT2D eigenvalue weighted by molar-refractivity contribution is 5.85. The third kappa shape index (κ3) is 6.96. The summed E-state index contributed by atoms with van der Waals surface area (Å²) in [4.78, 5) is 14.7. The van der Waals surface area contributed by atoms with Crippen molar-refractivity contribution in [1.82, 2.24) is 4.90 Å². The molecule has 142 valence electrons. The van der Waals surface area contributed by atoms with E-state index in [1.165, 1.54) is 5.56 Å². The highest BCUT2D eigenvalue weighted by Crippen LogP contribution is 2.29. The maximum atomic E-state index is 12.7. The van der Waals surface area contributed by atoms with E-state index >= 15 is 0 Å². The first-order valence-corrected chi connectivity index (χ1v) is 9.26. The van der Waals surface area contributed by atoms with Crippen LogP contribution in [-0.4, -0.2) is 43.2 Å². The van der Waals surface area contributed by atoms with Gasteiger partial charge in [0.1, 0.15) is 0 Å². The van der Waals surface area contributed by atoms with Crippen LogP contribution in [0.25, 0.3) is 0 Å². The van der Waals surface area contributed by atoms with Crippen molar-refractivity contribution in [3.8, 4) is 0 Å². The van der Waals surface area contributed by atoms with Crippen LogP contribution in [0.3, 0.4) is 0 Å². The van der Waals surface area contributed by atoms with E-state index in [0.29, 0.717) is 18.9 Å². The summed E-state index contributed by atoms with van der Waals surface area (Å²) in [5, 5.41) is 0. The summed E-state index contributed by atoms with van der Waals surface area (Å²) >= 11 is 0. The van der Waals surface area contributed by atoms with E-state index in [4.69, 9.17) is 10.5 Å². The van der Waals surface area contributed by atoms with Gasteiger partial charge in [0.25, 0.3) is 0 Å². The SMILES string of the molecule is CC(C)C(CC(=O)N1CCC(OCCCN)CC1)c1ccccc1.Cl. The van der Waals surface area contributed by atoms with E-state index < -0.39 is 0 Å². The zero-order valence-electron chi connectivity index (χ0n) is 15.5. The van der Waals surface area contributed by atoms with Crippen LogP contribution in [0, 0.1) is 5.92 Å². The quantitative estimate of drug-likeness (QED) is 0.713. The van der Waals surface area contributed by atoms with E-state index in [2.05, 4.69) is 38.1 Å². The molecular weight excluding hydrogens is 336 g/mol. The van der Waals surface area contributed by atoms with E-state index in [0.717, 1.165) is 39.0 Å². The number of nitrogens with two attached hydrogens (primary N) is 1. The average molecular weight is 369 g/mol. The van der Waals surface area contributed by atoms with Crippen LogP contribution < -0.4 is 5.73 Å². The summed E-state index contributed by atoms with van der Waals surface area (Å²) in [5.41, 5.74) is 6.76. The topological polar surface area (TPSA) is 55.6 Å². The van der Waals surface area contributed by atoms with Crippen LogP contribution in [0.15, 0.2) is 30.3 Å². The van der Waals surface area contributed by atoms with Crippen molar-refractivity contribution >= 4 is 18.3 Å². The second-order valence-corrected chi connectivity index (χ2v) is 7.06.